The summed E-state index contributed by atoms with van der Waals surface area (Å²) in [5.41, 5.74) is 0. The van der Waals surface area contributed by atoms with Crippen LogP contribution in [0.25, 0.3) is 0 Å². The van der Waals surface area contributed by atoms with E-state index in [1.807, 2.05) is 24.8 Å². The second-order valence-electron chi connectivity index (χ2n) is 3.86. The number of hydrogen-bond acceptors (Lipinski definition) is 3. The largest absolute Gasteiger partial charge is 0.337 e. The van der Waals surface area contributed by atoms with Crippen LogP contribution in [0.1, 0.15) is 11.3 Å². The van der Waals surface area contributed by atoms with Gasteiger partial charge in [-0.3, -0.25) is 0 Å². The molecule has 0 bridgehead atoms. The van der Waals surface area contributed by atoms with E-state index >= 15 is 0 Å². The number of rotatable bonds is 7. The Labute approximate surface area is 110 Å². The summed E-state index contributed by atoms with van der Waals surface area (Å²) < 4.78 is 2.97. The van der Waals surface area contributed by atoms with Crippen molar-refractivity contribution in [3.8, 4) is 0 Å². The zero-order chi connectivity index (χ0) is 11.9. The Bertz CT molecular complexity index is 425. The molecule has 0 atom stereocenters. The zero-order valence-corrected chi connectivity index (χ0v) is 11.2. The van der Waals surface area contributed by atoms with Crippen LogP contribution in [0.5, 0.6) is 0 Å². The van der Waals surface area contributed by atoms with E-state index in [1.54, 1.807) is 11.3 Å². The van der Waals surface area contributed by atoms with Crippen LogP contribution in [-0.4, -0.2) is 22.6 Å². The molecule has 5 heteroatoms. The van der Waals surface area contributed by atoms with Gasteiger partial charge in [-0.1, -0.05) is 11.6 Å². The summed E-state index contributed by atoms with van der Waals surface area (Å²) in [4.78, 5) is 5.36. The maximum Gasteiger partial charge on any atom is 0.0945 e. The molecule has 0 saturated carbocycles. The van der Waals surface area contributed by atoms with E-state index in [-0.39, 0.29) is 0 Å². The average Bonchev–Trinajstić information content (AvgIpc) is 2.95. The summed E-state index contributed by atoms with van der Waals surface area (Å²) in [5, 5.41) is 3.44. The van der Waals surface area contributed by atoms with E-state index in [0.29, 0.717) is 0 Å². The molecule has 1 N–H and O–H groups in total. The van der Waals surface area contributed by atoms with Crippen molar-refractivity contribution in [2.45, 2.75) is 19.4 Å². The number of aromatic nitrogens is 2. The molecule has 0 aliphatic rings. The topological polar surface area (TPSA) is 29.9 Å². The summed E-state index contributed by atoms with van der Waals surface area (Å²) in [6.45, 7) is 3.08. The Kier molecular flexibility index (Phi) is 5.04. The van der Waals surface area contributed by atoms with Crippen LogP contribution in [0.3, 0.4) is 0 Å². The molecule has 0 unspecified atom stereocenters. The molecule has 0 saturated heterocycles. The molecule has 0 aliphatic carbocycles. The van der Waals surface area contributed by atoms with Crippen LogP contribution in [0.2, 0.25) is 4.34 Å². The highest BCUT2D eigenvalue weighted by Crippen LogP contribution is 2.21. The van der Waals surface area contributed by atoms with Gasteiger partial charge in [0.25, 0.3) is 0 Å². The maximum atomic E-state index is 5.87. The van der Waals surface area contributed by atoms with Gasteiger partial charge in [0.2, 0.25) is 0 Å². The van der Waals surface area contributed by atoms with Crippen molar-refractivity contribution in [2.24, 2.45) is 0 Å². The van der Waals surface area contributed by atoms with Crippen molar-refractivity contribution in [3.63, 3.8) is 0 Å². The van der Waals surface area contributed by atoms with E-state index < -0.39 is 0 Å². The minimum atomic E-state index is 0.875. The minimum absolute atomic E-state index is 0.875. The van der Waals surface area contributed by atoms with E-state index in [2.05, 4.69) is 20.9 Å². The van der Waals surface area contributed by atoms with Crippen molar-refractivity contribution >= 4 is 22.9 Å². The number of thiophene rings is 1. The summed E-state index contributed by atoms with van der Waals surface area (Å²) in [6, 6.07) is 4.06. The number of nitrogens with one attached hydrogen (secondary N) is 1. The first-order valence-electron chi connectivity index (χ1n) is 5.75. The Balaban J connectivity index is 1.52. The smallest absolute Gasteiger partial charge is 0.0945 e. The standard InChI is InChI=1S/C12H16ClN3S/c13-12-3-2-11(17-12)4-6-14-5-1-8-16-9-7-15-10-16/h2-3,7,9-10,14H,1,4-6,8H2. The van der Waals surface area contributed by atoms with Gasteiger partial charge in [-0.05, 0) is 38.1 Å². The van der Waals surface area contributed by atoms with Crippen molar-refractivity contribution in [1.82, 2.24) is 14.9 Å². The summed E-state index contributed by atoms with van der Waals surface area (Å²) in [7, 11) is 0. The SMILES string of the molecule is Clc1ccc(CCNCCCn2ccnc2)s1. The molecule has 0 fully saturated rings. The van der Waals surface area contributed by atoms with Crippen LogP contribution in [-0.2, 0) is 13.0 Å². The zero-order valence-electron chi connectivity index (χ0n) is 9.60. The van der Waals surface area contributed by atoms with Gasteiger partial charge in [0, 0.05) is 23.8 Å². The van der Waals surface area contributed by atoms with Gasteiger partial charge < -0.3 is 9.88 Å². The molecule has 17 heavy (non-hydrogen) atoms. The van der Waals surface area contributed by atoms with Crippen LogP contribution in [0.4, 0.5) is 0 Å². The molecular formula is C12H16ClN3S. The quantitative estimate of drug-likeness (QED) is 0.784. The summed E-state index contributed by atoms with van der Waals surface area (Å²) in [5.74, 6) is 0. The van der Waals surface area contributed by atoms with Gasteiger partial charge in [0.05, 0.1) is 10.7 Å². The van der Waals surface area contributed by atoms with Gasteiger partial charge in [0.15, 0.2) is 0 Å². The lowest BCUT2D eigenvalue weighted by Crippen LogP contribution is -2.19. The first-order valence-corrected chi connectivity index (χ1v) is 6.95. The molecule has 92 valence electrons. The van der Waals surface area contributed by atoms with Gasteiger partial charge >= 0.3 is 0 Å². The molecule has 3 nitrogen and oxygen atoms in total. The van der Waals surface area contributed by atoms with Gasteiger partial charge in [-0.25, -0.2) is 4.98 Å². The molecule has 2 aromatic heterocycles. The third-order valence-electron chi connectivity index (χ3n) is 2.51. The van der Waals surface area contributed by atoms with Crippen LogP contribution in [0, 0.1) is 0 Å². The Morgan fingerprint density at radius 1 is 1.35 bits per heavy atom. The lowest BCUT2D eigenvalue weighted by atomic mass is 10.3. The average molecular weight is 270 g/mol. The fourth-order valence-corrected chi connectivity index (χ4v) is 2.72. The molecule has 2 heterocycles. The van der Waals surface area contributed by atoms with Crippen LogP contribution >= 0.6 is 22.9 Å². The third kappa shape index (κ3) is 4.50. The van der Waals surface area contributed by atoms with Gasteiger partial charge in [0.1, 0.15) is 0 Å². The fourth-order valence-electron chi connectivity index (χ4n) is 1.63. The van der Waals surface area contributed by atoms with E-state index in [4.69, 9.17) is 11.6 Å². The highest BCUT2D eigenvalue weighted by Gasteiger charge is 1.97. The third-order valence-corrected chi connectivity index (χ3v) is 3.80. The maximum absolute atomic E-state index is 5.87. The Morgan fingerprint density at radius 3 is 3.00 bits per heavy atom. The lowest BCUT2D eigenvalue weighted by molar-refractivity contribution is 0.582. The van der Waals surface area contributed by atoms with E-state index in [0.717, 1.165) is 36.8 Å². The number of imidazole rings is 1. The van der Waals surface area contributed by atoms with E-state index in [1.165, 1.54) is 4.88 Å². The van der Waals surface area contributed by atoms with Crippen molar-refractivity contribution in [3.05, 3.63) is 40.1 Å². The lowest BCUT2D eigenvalue weighted by Gasteiger charge is -2.04. The molecule has 0 aromatic carbocycles. The molecular weight excluding hydrogens is 254 g/mol. The van der Waals surface area contributed by atoms with E-state index in [9.17, 15) is 0 Å². The highest BCUT2D eigenvalue weighted by molar-refractivity contribution is 7.16. The molecule has 2 aromatic rings. The number of halogens is 1. The Morgan fingerprint density at radius 2 is 2.29 bits per heavy atom. The molecule has 0 radical (unpaired) electrons. The molecule has 0 spiro atoms. The second-order valence-corrected chi connectivity index (χ2v) is 5.66. The predicted octanol–water partition coefficient (Wildman–Crippen LogP) is 2.82. The van der Waals surface area contributed by atoms with Crippen molar-refractivity contribution < 1.29 is 0 Å². The minimum Gasteiger partial charge on any atom is -0.337 e. The molecule has 0 amide bonds. The van der Waals surface area contributed by atoms with Gasteiger partial charge in [-0.2, -0.15) is 0 Å². The number of nitrogens with zero attached hydrogens (tertiary/aromatic N) is 2. The highest BCUT2D eigenvalue weighted by atomic mass is 35.5. The first kappa shape index (κ1) is 12.6. The van der Waals surface area contributed by atoms with Crippen LogP contribution < -0.4 is 5.32 Å². The molecule has 2 rings (SSSR count). The monoisotopic (exact) mass is 269 g/mol. The van der Waals surface area contributed by atoms with Crippen LogP contribution in [0.15, 0.2) is 30.9 Å². The summed E-state index contributed by atoms with van der Waals surface area (Å²) >= 11 is 7.53. The number of hydrogen-bond donors (Lipinski definition) is 1. The fraction of sp³-hybridized carbons (Fsp3) is 0.417. The second kappa shape index (κ2) is 6.79. The Hall–Kier alpha value is -0.840. The van der Waals surface area contributed by atoms with Crippen molar-refractivity contribution in [1.29, 1.82) is 0 Å². The predicted molar refractivity (Wildman–Crippen MR) is 72.7 cm³/mol. The molecule has 0 aliphatic heterocycles. The number of aryl methyl sites for hydroxylation is 1. The van der Waals surface area contributed by atoms with Gasteiger partial charge in [-0.15, -0.1) is 11.3 Å². The van der Waals surface area contributed by atoms with Crippen molar-refractivity contribution in [2.75, 3.05) is 13.1 Å². The normalized spacial score (nSPS) is 10.9. The summed E-state index contributed by atoms with van der Waals surface area (Å²) in [6.07, 6.45) is 7.85. The first-order chi connectivity index (χ1) is 8.34.